The summed E-state index contributed by atoms with van der Waals surface area (Å²) in [4.78, 5) is 2.18. The van der Waals surface area contributed by atoms with Crippen LogP contribution in [0, 0.1) is 6.92 Å². The van der Waals surface area contributed by atoms with Crippen molar-refractivity contribution in [1.29, 1.82) is 0 Å². The van der Waals surface area contributed by atoms with Crippen LogP contribution in [0.3, 0.4) is 0 Å². The fourth-order valence-corrected chi connectivity index (χ4v) is 9.27. The van der Waals surface area contributed by atoms with E-state index in [0.717, 1.165) is 36.8 Å². The summed E-state index contributed by atoms with van der Waals surface area (Å²) in [5, 5.41) is 2.61. The average molecular weight is 718 g/mol. The van der Waals surface area contributed by atoms with Crippen molar-refractivity contribution in [2.45, 2.75) is 39.5 Å². The number of alkyl halides is 1. The molecule has 0 saturated heterocycles. The summed E-state index contributed by atoms with van der Waals surface area (Å²) in [6.45, 7) is 12.9. The number of halogens is 1. The van der Waals surface area contributed by atoms with Gasteiger partial charge in [-0.2, -0.15) is 0 Å². The van der Waals surface area contributed by atoms with E-state index in [1.165, 1.54) is 66.6 Å². The maximum atomic E-state index is 6.46. The monoisotopic (exact) mass is 717 g/mol. The second-order valence-corrected chi connectivity index (χ2v) is 16.1. The fraction of sp³-hybridized carbons (Fsp3) is 0.190. The SMILES string of the molecule is C=C(C=C/C(C)=C/c1c(C)n(I(C)N)c2ccccc12)/C=C\C(=C)C1=CC=C(C=CC2=Cc3c(n(C)c4ccccc34)CC2)CC1. The number of aryl methyl sites for hydroxylation is 1. The van der Waals surface area contributed by atoms with Gasteiger partial charge in [-0.15, -0.1) is 0 Å². The van der Waals surface area contributed by atoms with Gasteiger partial charge in [0.1, 0.15) is 0 Å². The average Bonchev–Trinajstić information content (AvgIpc) is 3.51. The van der Waals surface area contributed by atoms with Gasteiger partial charge in [0.25, 0.3) is 0 Å². The van der Waals surface area contributed by atoms with E-state index in [-0.39, 0.29) is 0 Å². The summed E-state index contributed by atoms with van der Waals surface area (Å²) in [6, 6.07) is 17.3. The molecule has 0 amide bonds. The van der Waals surface area contributed by atoms with Crippen molar-refractivity contribution in [3.8, 4) is 0 Å². The first-order valence-corrected chi connectivity index (χ1v) is 20.3. The molecule has 234 valence electrons. The number of para-hydroxylation sites is 2. The number of fused-ring (bicyclic) bond motifs is 4. The molecule has 0 atom stereocenters. The van der Waals surface area contributed by atoms with E-state index in [1.807, 2.05) is 0 Å². The summed E-state index contributed by atoms with van der Waals surface area (Å²) in [7, 11) is 2.19. The van der Waals surface area contributed by atoms with Gasteiger partial charge in [-0.05, 0) is 49.0 Å². The van der Waals surface area contributed by atoms with Crippen LogP contribution in [-0.4, -0.2) is 12.3 Å². The smallest absolute Gasteiger partial charge is 0.347 e. The van der Waals surface area contributed by atoms with Crippen LogP contribution in [0.2, 0.25) is 0 Å². The van der Waals surface area contributed by atoms with Gasteiger partial charge in [-0.3, -0.25) is 0 Å². The van der Waals surface area contributed by atoms with Crippen LogP contribution in [0.1, 0.15) is 48.7 Å². The molecule has 0 radical (unpaired) electrons. The zero-order valence-electron chi connectivity index (χ0n) is 27.5. The van der Waals surface area contributed by atoms with Gasteiger partial charge in [0, 0.05) is 29.2 Å². The van der Waals surface area contributed by atoms with Gasteiger partial charge in [0.2, 0.25) is 0 Å². The number of nitrogens with zero attached hydrogens (tertiary/aromatic N) is 2. The van der Waals surface area contributed by atoms with Crippen LogP contribution in [0.25, 0.3) is 34.0 Å². The molecule has 2 aromatic carbocycles. The molecule has 0 unspecified atom stereocenters. The molecule has 4 aromatic rings. The first kappa shape index (κ1) is 31.8. The second-order valence-electron chi connectivity index (χ2n) is 12.4. The van der Waals surface area contributed by atoms with E-state index in [0.29, 0.717) is 0 Å². The fourth-order valence-electron chi connectivity index (χ4n) is 6.63. The predicted octanol–water partition coefficient (Wildman–Crippen LogP) is 11.1. The van der Waals surface area contributed by atoms with E-state index in [2.05, 4.69) is 156 Å². The summed E-state index contributed by atoms with van der Waals surface area (Å²) >= 11 is -1.70. The Morgan fingerprint density at radius 1 is 0.826 bits per heavy atom. The van der Waals surface area contributed by atoms with Crippen molar-refractivity contribution in [2.75, 3.05) is 4.93 Å². The summed E-state index contributed by atoms with van der Waals surface area (Å²) in [6.07, 6.45) is 26.3. The molecule has 0 bridgehead atoms. The van der Waals surface area contributed by atoms with Crippen molar-refractivity contribution in [2.24, 2.45) is 11.0 Å². The Morgan fingerprint density at radius 2 is 1.50 bits per heavy atom. The number of nitrogens with two attached hydrogens (primary N) is 1. The molecule has 3 nitrogen and oxygen atoms in total. The van der Waals surface area contributed by atoms with Crippen molar-refractivity contribution in [3.63, 3.8) is 0 Å². The Balaban J connectivity index is 1.08. The van der Waals surface area contributed by atoms with Crippen LogP contribution in [0.15, 0.2) is 144 Å². The van der Waals surface area contributed by atoms with Crippen molar-refractivity contribution in [3.05, 3.63) is 166 Å². The van der Waals surface area contributed by atoms with Gasteiger partial charge in [0.05, 0.1) is 0 Å². The molecule has 2 aliphatic carbocycles. The molecule has 2 aliphatic rings. The van der Waals surface area contributed by atoms with Gasteiger partial charge in [-0.25, -0.2) is 0 Å². The number of allylic oxidation sites excluding steroid dienone is 14. The second kappa shape index (κ2) is 13.7. The van der Waals surface area contributed by atoms with E-state index in [4.69, 9.17) is 3.95 Å². The molecule has 6 rings (SSSR count). The van der Waals surface area contributed by atoms with Gasteiger partial charge in [-0.1, -0.05) is 42.5 Å². The quantitative estimate of drug-likeness (QED) is 0.0796. The van der Waals surface area contributed by atoms with E-state index in [9.17, 15) is 0 Å². The minimum absolute atomic E-state index is 0.947. The Bertz CT molecular complexity index is 2080. The van der Waals surface area contributed by atoms with Crippen LogP contribution in [0.4, 0.5) is 0 Å². The minimum Gasteiger partial charge on any atom is -0.347 e. The number of hydrogen-bond acceptors (Lipinski definition) is 1. The molecule has 0 fully saturated rings. The maximum absolute atomic E-state index is 6.46. The summed E-state index contributed by atoms with van der Waals surface area (Å²) < 4.78 is 11.2. The Labute approximate surface area is 282 Å². The first-order chi connectivity index (χ1) is 22.2. The summed E-state index contributed by atoms with van der Waals surface area (Å²) in [5.74, 6) is 0. The van der Waals surface area contributed by atoms with Crippen LogP contribution in [-0.2, 0) is 13.5 Å². The van der Waals surface area contributed by atoms with Crippen molar-refractivity contribution in [1.82, 2.24) is 7.35 Å². The van der Waals surface area contributed by atoms with Crippen LogP contribution in [0.5, 0.6) is 0 Å². The Kier molecular flexibility index (Phi) is 9.48. The normalized spacial score (nSPS) is 16.0. The van der Waals surface area contributed by atoms with E-state index < -0.39 is 20.4 Å². The number of benzene rings is 2. The topological polar surface area (TPSA) is 35.9 Å². The molecule has 2 aromatic heterocycles. The number of aromatic nitrogens is 2. The summed E-state index contributed by atoms with van der Waals surface area (Å²) in [5.41, 5.74) is 15.1. The Hall–Kier alpha value is -4.13. The van der Waals surface area contributed by atoms with Crippen molar-refractivity contribution >= 4 is 54.3 Å². The predicted molar refractivity (Wildman–Crippen MR) is 210 cm³/mol. The molecular weight excluding hydrogens is 673 g/mol. The van der Waals surface area contributed by atoms with Gasteiger partial charge >= 0.3 is 158 Å². The molecule has 4 heteroatoms. The molecule has 0 spiro atoms. The van der Waals surface area contributed by atoms with E-state index >= 15 is 0 Å². The first-order valence-electron chi connectivity index (χ1n) is 15.9. The molecule has 0 saturated carbocycles. The standard InChI is InChI=1S/C42H44IN3/c1-29(15-16-30(2)27-38-32(4)46(43(5)44)42-14-10-8-11-36(38)42)17-18-31(3)35-24-21-33(22-25-35)19-20-34-23-26-41-39(28-34)37-12-7-9-13-40(37)45(41)6/h7-21,24,27-28H,1,3,22-23,25-26,44H2,2,4-6H3/b16-15?,18-17-,20-19?,30-27+. The molecule has 2 N–H and O–H groups in total. The molecule has 0 aliphatic heterocycles. The van der Waals surface area contributed by atoms with Gasteiger partial charge in [0.15, 0.2) is 0 Å². The van der Waals surface area contributed by atoms with Crippen molar-refractivity contribution < 1.29 is 0 Å². The van der Waals surface area contributed by atoms with E-state index in [1.54, 1.807) is 0 Å². The minimum atomic E-state index is -1.70. The molecule has 46 heavy (non-hydrogen) atoms. The third-order valence-corrected chi connectivity index (χ3v) is 11.9. The third-order valence-electron chi connectivity index (χ3n) is 9.14. The molecule has 2 heterocycles. The zero-order valence-corrected chi connectivity index (χ0v) is 29.6. The number of rotatable bonds is 9. The third kappa shape index (κ3) is 6.55. The van der Waals surface area contributed by atoms with Crippen LogP contribution >= 0.6 is 20.4 Å². The molecular formula is C42H44IN3. The zero-order chi connectivity index (χ0) is 32.4. The Morgan fingerprint density at radius 3 is 2.24 bits per heavy atom. The number of hydrogen-bond donors (Lipinski definition) is 1. The van der Waals surface area contributed by atoms with Gasteiger partial charge < -0.3 is 4.57 Å². The van der Waals surface area contributed by atoms with Crippen LogP contribution < -0.4 is 3.95 Å².